The Balaban J connectivity index is 1.97. The van der Waals surface area contributed by atoms with Crippen molar-refractivity contribution in [1.82, 2.24) is 20.2 Å². The van der Waals surface area contributed by atoms with Gasteiger partial charge in [-0.2, -0.15) is 4.80 Å². The van der Waals surface area contributed by atoms with E-state index in [1.165, 1.54) is 10.9 Å². The van der Waals surface area contributed by atoms with Gasteiger partial charge in [-0.25, -0.2) is 0 Å². The van der Waals surface area contributed by atoms with Crippen LogP contribution in [0.5, 0.6) is 5.75 Å². The number of benzene rings is 1. The monoisotopic (exact) mass is 341 g/mol. The number of nitrogens with zero attached hydrogens (tertiary/aromatic N) is 4. The Morgan fingerprint density at radius 1 is 1.55 bits per heavy atom. The molecule has 1 aromatic carbocycles. The van der Waals surface area contributed by atoms with Gasteiger partial charge in [0.05, 0.1) is 11.6 Å². The van der Waals surface area contributed by atoms with Crippen LogP contribution < -0.4 is 10.1 Å². The van der Waals surface area contributed by atoms with Crippen molar-refractivity contribution in [3.05, 3.63) is 40.9 Å². The molecule has 22 heavy (non-hydrogen) atoms. The first-order valence-electron chi connectivity index (χ1n) is 6.31. The first kappa shape index (κ1) is 16.3. The van der Waals surface area contributed by atoms with Crippen LogP contribution in [0.1, 0.15) is 6.92 Å². The third-order valence-corrected chi connectivity index (χ3v) is 3.08. The summed E-state index contributed by atoms with van der Waals surface area (Å²) in [4.78, 5) is 13.3. The van der Waals surface area contributed by atoms with Gasteiger partial charge in [-0.3, -0.25) is 10.1 Å². The topological polar surface area (TPSA) is 81.9 Å². The van der Waals surface area contributed by atoms with Gasteiger partial charge in [0.2, 0.25) is 0 Å². The fourth-order valence-corrected chi connectivity index (χ4v) is 1.97. The standard InChI is InChI=1S/C13H13Cl2N5O2/c1-3-6-20-18-13(17-19-20)16-12(21)8(2)22-11-5-4-9(14)7-10(11)15/h3-5,7-8H,1,6H2,2H3,(H,16,18,21)/t8-/m1/s1. The highest BCUT2D eigenvalue weighted by Gasteiger charge is 2.18. The molecule has 0 saturated heterocycles. The molecule has 2 aromatic rings. The number of amides is 1. The highest BCUT2D eigenvalue weighted by Crippen LogP contribution is 2.28. The average molecular weight is 342 g/mol. The lowest BCUT2D eigenvalue weighted by Gasteiger charge is -2.14. The second-order valence-corrected chi connectivity index (χ2v) is 5.12. The van der Waals surface area contributed by atoms with Crippen LogP contribution >= 0.6 is 23.2 Å². The van der Waals surface area contributed by atoms with Gasteiger partial charge in [0.15, 0.2) is 6.10 Å². The van der Waals surface area contributed by atoms with E-state index in [1.807, 2.05) is 0 Å². The number of anilines is 1. The van der Waals surface area contributed by atoms with E-state index in [9.17, 15) is 4.79 Å². The van der Waals surface area contributed by atoms with Gasteiger partial charge >= 0.3 is 0 Å². The lowest BCUT2D eigenvalue weighted by atomic mass is 10.3. The van der Waals surface area contributed by atoms with Crippen molar-refractivity contribution >= 4 is 35.1 Å². The molecule has 0 aliphatic heterocycles. The molecule has 0 saturated carbocycles. The summed E-state index contributed by atoms with van der Waals surface area (Å²) in [6.07, 6.45) is 0.812. The molecule has 1 amide bonds. The molecule has 116 valence electrons. The number of hydrogen-bond acceptors (Lipinski definition) is 5. The highest BCUT2D eigenvalue weighted by atomic mass is 35.5. The molecule has 1 heterocycles. The number of carbonyl (C=O) groups is 1. The Morgan fingerprint density at radius 3 is 3.00 bits per heavy atom. The molecule has 7 nitrogen and oxygen atoms in total. The van der Waals surface area contributed by atoms with E-state index >= 15 is 0 Å². The van der Waals surface area contributed by atoms with E-state index in [-0.39, 0.29) is 5.95 Å². The van der Waals surface area contributed by atoms with Crippen molar-refractivity contribution in [2.45, 2.75) is 19.6 Å². The summed E-state index contributed by atoms with van der Waals surface area (Å²) in [5.74, 6) is 0.0191. The largest absolute Gasteiger partial charge is 0.479 e. The van der Waals surface area contributed by atoms with Gasteiger partial charge < -0.3 is 4.74 Å². The second-order valence-electron chi connectivity index (χ2n) is 4.28. The number of carbonyl (C=O) groups excluding carboxylic acids is 1. The molecule has 0 fully saturated rings. The van der Waals surface area contributed by atoms with Crippen LogP contribution in [-0.2, 0) is 11.3 Å². The van der Waals surface area contributed by atoms with E-state index in [1.54, 1.807) is 25.1 Å². The van der Waals surface area contributed by atoms with Crippen LogP contribution in [0.3, 0.4) is 0 Å². The number of tetrazole rings is 1. The number of aromatic nitrogens is 4. The van der Waals surface area contributed by atoms with Crippen LogP contribution in [0.2, 0.25) is 10.0 Å². The maximum absolute atomic E-state index is 12.0. The molecule has 1 atom stereocenters. The molecule has 0 aliphatic rings. The summed E-state index contributed by atoms with van der Waals surface area (Å²) < 4.78 is 5.49. The number of nitrogens with one attached hydrogen (secondary N) is 1. The van der Waals surface area contributed by atoms with Crippen molar-refractivity contribution < 1.29 is 9.53 Å². The Hall–Kier alpha value is -2.12. The quantitative estimate of drug-likeness (QED) is 0.816. The van der Waals surface area contributed by atoms with Crippen LogP contribution in [0.4, 0.5) is 5.95 Å². The summed E-state index contributed by atoms with van der Waals surface area (Å²) in [5.41, 5.74) is 0. The third-order valence-electron chi connectivity index (χ3n) is 2.55. The van der Waals surface area contributed by atoms with Gasteiger partial charge in [-0.05, 0) is 30.3 Å². The molecule has 1 aromatic heterocycles. The van der Waals surface area contributed by atoms with Crippen LogP contribution in [-0.4, -0.2) is 32.2 Å². The molecular weight excluding hydrogens is 329 g/mol. The number of hydrogen-bond donors (Lipinski definition) is 1. The summed E-state index contributed by atoms with van der Waals surface area (Å²) in [6, 6.07) is 4.74. The first-order valence-corrected chi connectivity index (χ1v) is 7.06. The number of ether oxygens (including phenoxy) is 1. The van der Waals surface area contributed by atoms with Gasteiger partial charge in [0.1, 0.15) is 5.75 Å². The smallest absolute Gasteiger partial charge is 0.270 e. The molecule has 0 spiro atoms. The fraction of sp³-hybridized carbons (Fsp3) is 0.231. The summed E-state index contributed by atoms with van der Waals surface area (Å²) in [6.45, 7) is 5.53. The minimum absolute atomic E-state index is 0.0875. The fourth-order valence-electron chi connectivity index (χ4n) is 1.51. The van der Waals surface area contributed by atoms with Gasteiger partial charge in [-0.15, -0.1) is 11.7 Å². The van der Waals surface area contributed by atoms with Crippen LogP contribution in [0.15, 0.2) is 30.9 Å². The SMILES string of the molecule is C=CCn1nnc(NC(=O)[C@@H](C)Oc2ccc(Cl)cc2Cl)n1. The molecule has 0 bridgehead atoms. The molecule has 0 unspecified atom stereocenters. The van der Waals surface area contributed by atoms with E-state index < -0.39 is 12.0 Å². The van der Waals surface area contributed by atoms with E-state index in [0.29, 0.717) is 22.3 Å². The molecule has 2 rings (SSSR count). The number of rotatable bonds is 6. The average Bonchev–Trinajstić information content (AvgIpc) is 2.89. The zero-order valence-electron chi connectivity index (χ0n) is 11.7. The maximum atomic E-state index is 12.0. The van der Waals surface area contributed by atoms with Crippen molar-refractivity contribution in [1.29, 1.82) is 0 Å². The minimum Gasteiger partial charge on any atom is -0.479 e. The molecule has 0 aliphatic carbocycles. The van der Waals surface area contributed by atoms with E-state index in [0.717, 1.165) is 0 Å². The zero-order chi connectivity index (χ0) is 16.1. The number of allylic oxidation sites excluding steroid dienone is 1. The maximum Gasteiger partial charge on any atom is 0.270 e. The molecule has 0 radical (unpaired) electrons. The third kappa shape index (κ3) is 4.19. The molecule has 9 heteroatoms. The minimum atomic E-state index is -0.801. The highest BCUT2D eigenvalue weighted by molar-refractivity contribution is 6.35. The lowest BCUT2D eigenvalue weighted by molar-refractivity contribution is -0.122. The Labute approximate surface area is 136 Å². The first-order chi connectivity index (χ1) is 10.5. The summed E-state index contributed by atoms with van der Waals surface area (Å²) in [5, 5.41) is 14.7. The van der Waals surface area contributed by atoms with Crippen LogP contribution in [0, 0.1) is 0 Å². The molecule has 1 N–H and O–H groups in total. The Kier molecular flexibility index (Phi) is 5.35. The van der Waals surface area contributed by atoms with E-state index in [2.05, 4.69) is 27.3 Å². The van der Waals surface area contributed by atoms with Gasteiger partial charge in [-0.1, -0.05) is 34.4 Å². The van der Waals surface area contributed by atoms with Crippen LogP contribution in [0.25, 0.3) is 0 Å². The Morgan fingerprint density at radius 2 is 2.32 bits per heavy atom. The van der Waals surface area contributed by atoms with Crippen molar-refractivity contribution in [2.24, 2.45) is 0 Å². The normalized spacial score (nSPS) is 11.8. The number of halogens is 2. The van der Waals surface area contributed by atoms with Crippen molar-refractivity contribution in [3.8, 4) is 5.75 Å². The predicted octanol–water partition coefficient (Wildman–Crippen LogP) is 2.57. The van der Waals surface area contributed by atoms with Crippen molar-refractivity contribution in [2.75, 3.05) is 5.32 Å². The molecular formula is C13H13Cl2N5O2. The zero-order valence-corrected chi connectivity index (χ0v) is 13.2. The van der Waals surface area contributed by atoms with Gasteiger partial charge in [0.25, 0.3) is 11.9 Å². The predicted molar refractivity (Wildman–Crippen MR) is 83.2 cm³/mol. The van der Waals surface area contributed by atoms with E-state index in [4.69, 9.17) is 27.9 Å². The van der Waals surface area contributed by atoms with Crippen molar-refractivity contribution in [3.63, 3.8) is 0 Å². The summed E-state index contributed by atoms with van der Waals surface area (Å²) >= 11 is 11.8. The lowest BCUT2D eigenvalue weighted by Crippen LogP contribution is -2.30. The Bertz CT molecular complexity index is 689. The summed E-state index contributed by atoms with van der Waals surface area (Å²) in [7, 11) is 0. The van der Waals surface area contributed by atoms with Gasteiger partial charge in [0, 0.05) is 5.02 Å². The second kappa shape index (κ2) is 7.24.